The lowest BCUT2D eigenvalue weighted by Gasteiger charge is -2.21. The number of hydrogen-bond donors (Lipinski definition) is 3. The highest BCUT2D eigenvalue weighted by Crippen LogP contribution is 2.29. The van der Waals surface area contributed by atoms with Crippen LogP contribution >= 0.6 is 0 Å². The van der Waals surface area contributed by atoms with Crippen LogP contribution in [0.4, 0.5) is 17.6 Å². The Hall–Kier alpha value is -3.43. The van der Waals surface area contributed by atoms with Gasteiger partial charge in [0.15, 0.2) is 0 Å². The van der Waals surface area contributed by atoms with Crippen LogP contribution in [0.2, 0.25) is 0 Å². The van der Waals surface area contributed by atoms with E-state index in [-0.39, 0.29) is 24.0 Å². The molecule has 2 rings (SSSR count). The predicted molar refractivity (Wildman–Crippen MR) is 102 cm³/mol. The van der Waals surface area contributed by atoms with E-state index in [0.717, 1.165) is 31.2 Å². The molecule has 0 aromatic heterocycles. The van der Waals surface area contributed by atoms with Gasteiger partial charge in [-0.05, 0) is 29.3 Å². The Morgan fingerprint density at radius 2 is 1.55 bits per heavy atom. The quantitative estimate of drug-likeness (QED) is 0.550. The average Bonchev–Trinajstić information content (AvgIpc) is 2.67. The summed E-state index contributed by atoms with van der Waals surface area (Å²) in [5, 5.41) is 14.0. The van der Waals surface area contributed by atoms with Crippen LogP contribution in [0.5, 0.6) is 0 Å². The lowest BCUT2D eigenvalue weighted by atomic mass is 10.0. The summed E-state index contributed by atoms with van der Waals surface area (Å²) in [4.78, 5) is 35.7. The number of amides is 2. The Morgan fingerprint density at radius 1 is 0.935 bits per heavy atom. The third kappa shape index (κ3) is 7.09. The smallest absolute Gasteiger partial charge is 0.416 e. The molecule has 0 bridgehead atoms. The molecule has 0 radical (unpaired) electrons. The number of carbonyl (C=O) groups is 3. The highest BCUT2D eigenvalue weighted by Gasteiger charge is 2.31. The summed E-state index contributed by atoms with van der Waals surface area (Å²) in [6, 6.07) is 6.76. The zero-order chi connectivity index (χ0) is 23.2. The molecule has 2 aromatic carbocycles. The summed E-state index contributed by atoms with van der Waals surface area (Å²) in [5.41, 5.74) is -0.486. The number of hydrogen-bond acceptors (Lipinski definition) is 3. The van der Waals surface area contributed by atoms with Gasteiger partial charge in [0.05, 0.1) is 5.56 Å². The first-order valence-corrected chi connectivity index (χ1v) is 9.17. The van der Waals surface area contributed by atoms with Crippen molar-refractivity contribution in [2.45, 2.75) is 38.0 Å². The average molecular weight is 440 g/mol. The summed E-state index contributed by atoms with van der Waals surface area (Å²) in [6.45, 7) is 1.15. The van der Waals surface area contributed by atoms with Crippen LogP contribution in [0, 0.1) is 5.82 Å². The van der Waals surface area contributed by atoms with Crippen LogP contribution < -0.4 is 10.6 Å². The second-order valence-electron chi connectivity index (χ2n) is 6.85. The molecule has 0 spiro atoms. The Kier molecular flexibility index (Phi) is 7.73. The van der Waals surface area contributed by atoms with Gasteiger partial charge >= 0.3 is 12.1 Å². The number of halogens is 4. The van der Waals surface area contributed by atoms with Gasteiger partial charge in [0.1, 0.15) is 17.9 Å². The molecular weight excluding hydrogens is 420 g/mol. The first-order valence-electron chi connectivity index (χ1n) is 9.17. The molecule has 0 fully saturated rings. The fraction of sp³-hybridized carbons (Fsp3) is 0.286. The van der Waals surface area contributed by atoms with Gasteiger partial charge in [-0.25, -0.2) is 9.18 Å². The van der Waals surface area contributed by atoms with E-state index in [9.17, 15) is 37.1 Å². The summed E-state index contributed by atoms with van der Waals surface area (Å²) in [6.07, 6.45) is -5.03. The van der Waals surface area contributed by atoms with Crippen molar-refractivity contribution in [2.24, 2.45) is 0 Å². The van der Waals surface area contributed by atoms with Crippen molar-refractivity contribution < 1.29 is 37.1 Å². The van der Waals surface area contributed by atoms with Crippen LogP contribution in [0.15, 0.2) is 48.5 Å². The minimum atomic E-state index is -4.53. The van der Waals surface area contributed by atoms with Crippen LogP contribution in [0.1, 0.15) is 23.6 Å². The first-order chi connectivity index (χ1) is 14.5. The molecule has 0 heterocycles. The van der Waals surface area contributed by atoms with Crippen molar-refractivity contribution in [2.75, 3.05) is 0 Å². The van der Waals surface area contributed by atoms with Crippen molar-refractivity contribution >= 4 is 17.8 Å². The zero-order valence-electron chi connectivity index (χ0n) is 16.4. The van der Waals surface area contributed by atoms with E-state index in [1.54, 1.807) is 6.07 Å². The molecule has 10 heteroatoms. The largest absolute Gasteiger partial charge is 0.480 e. The highest BCUT2D eigenvalue weighted by molar-refractivity contribution is 5.90. The molecule has 0 unspecified atom stereocenters. The maximum atomic E-state index is 13.9. The van der Waals surface area contributed by atoms with E-state index in [2.05, 4.69) is 10.6 Å². The van der Waals surface area contributed by atoms with Gasteiger partial charge in [0.25, 0.3) is 0 Å². The molecule has 2 aromatic rings. The van der Waals surface area contributed by atoms with Crippen molar-refractivity contribution in [1.29, 1.82) is 0 Å². The molecule has 0 aliphatic rings. The third-order valence-corrected chi connectivity index (χ3v) is 4.41. The molecular formula is C21H20F4N2O4. The Balaban J connectivity index is 2.15. The number of benzene rings is 2. The maximum absolute atomic E-state index is 13.9. The van der Waals surface area contributed by atoms with Crippen molar-refractivity contribution in [1.82, 2.24) is 10.6 Å². The second kappa shape index (κ2) is 10.1. The van der Waals surface area contributed by atoms with E-state index in [0.29, 0.717) is 0 Å². The van der Waals surface area contributed by atoms with E-state index in [4.69, 9.17) is 0 Å². The first kappa shape index (κ1) is 23.8. The minimum absolute atomic E-state index is 0.144. The summed E-state index contributed by atoms with van der Waals surface area (Å²) in [5.74, 6) is -3.45. The molecule has 3 N–H and O–H groups in total. The van der Waals surface area contributed by atoms with Crippen LogP contribution in [-0.4, -0.2) is 35.0 Å². The van der Waals surface area contributed by atoms with E-state index in [1.165, 1.54) is 18.2 Å². The normalized spacial score (nSPS) is 13.2. The molecule has 0 aliphatic heterocycles. The van der Waals surface area contributed by atoms with Gasteiger partial charge < -0.3 is 15.7 Å². The van der Waals surface area contributed by atoms with Gasteiger partial charge in [-0.3, -0.25) is 9.59 Å². The minimum Gasteiger partial charge on any atom is -0.480 e. The predicted octanol–water partition coefficient (Wildman–Crippen LogP) is 2.70. The fourth-order valence-electron chi connectivity index (χ4n) is 2.88. The standard InChI is InChI=1S/C21H20F4N2O4/c1-12(28)26-17(11-14-4-2-3-5-16(14)22)19(29)27-18(20(30)31)10-13-6-8-15(9-7-13)21(23,24)25/h2-9,17-18H,10-11H2,1H3,(H,26,28)(H,27,29)(H,30,31)/t17-,18-/m1/s1. The number of nitrogens with one attached hydrogen (secondary N) is 2. The number of carboxylic acids is 1. The van der Waals surface area contributed by atoms with Crippen LogP contribution in [-0.2, 0) is 33.4 Å². The Labute approximate surface area is 175 Å². The summed E-state index contributed by atoms with van der Waals surface area (Å²) in [7, 11) is 0. The Morgan fingerprint density at radius 3 is 2.06 bits per heavy atom. The number of carbonyl (C=O) groups excluding carboxylic acids is 2. The van der Waals surface area contributed by atoms with Crippen molar-refractivity contribution in [3.05, 3.63) is 71.0 Å². The van der Waals surface area contributed by atoms with Gasteiger partial charge in [0, 0.05) is 19.8 Å². The topological polar surface area (TPSA) is 95.5 Å². The third-order valence-electron chi connectivity index (χ3n) is 4.41. The fourth-order valence-corrected chi connectivity index (χ4v) is 2.88. The van der Waals surface area contributed by atoms with Crippen molar-refractivity contribution in [3.8, 4) is 0 Å². The molecule has 0 aliphatic carbocycles. The van der Waals surface area contributed by atoms with Gasteiger partial charge in [-0.2, -0.15) is 13.2 Å². The summed E-state index contributed by atoms with van der Waals surface area (Å²) >= 11 is 0. The molecule has 2 atom stereocenters. The number of carboxylic acid groups (broad SMARTS) is 1. The summed E-state index contributed by atoms with van der Waals surface area (Å²) < 4.78 is 51.9. The maximum Gasteiger partial charge on any atom is 0.416 e. The van der Waals surface area contributed by atoms with E-state index in [1.807, 2.05) is 0 Å². The molecule has 166 valence electrons. The van der Waals surface area contributed by atoms with Gasteiger partial charge in [-0.15, -0.1) is 0 Å². The highest BCUT2D eigenvalue weighted by atomic mass is 19.4. The molecule has 0 saturated heterocycles. The molecule has 31 heavy (non-hydrogen) atoms. The van der Waals surface area contributed by atoms with Crippen molar-refractivity contribution in [3.63, 3.8) is 0 Å². The molecule has 0 saturated carbocycles. The molecule has 6 nitrogen and oxygen atoms in total. The second-order valence-corrected chi connectivity index (χ2v) is 6.85. The van der Waals surface area contributed by atoms with Gasteiger partial charge in [-0.1, -0.05) is 30.3 Å². The Bertz CT molecular complexity index is 945. The van der Waals surface area contributed by atoms with Crippen LogP contribution in [0.25, 0.3) is 0 Å². The van der Waals surface area contributed by atoms with Crippen LogP contribution in [0.3, 0.4) is 0 Å². The monoisotopic (exact) mass is 440 g/mol. The number of rotatable bonds is 8. The SMILES string of the molecule is CC(=O)N[C@H](Cc1ccccc1F)C(=O)N[C@H](Cc1ccc(C(F)(F)F)cc1)C(=O)O. The lowest BCUT2D eigenvalue weighted by molar-refractivity contribution is -0.142. The van der Waals surface area contributed by atoms with Gasteiger partial charge in [0.2, 0.25) is 11.8 Å². The number of alkyl halides is 3. The van der Waals surface area contributed by atoms with E-state index >= 15 is 0 Å². The zero-order valence-corrected chi connectivity index (χ0v) is 16.4. The number of aliphatic carboxylic acids is 1. The van der Waals surface area contributed by atoms with E-state index < -0.39 is 47.4 Å². The molecule has 2 amide bonds. The lowest BCUT2D eigenvalue weighted by Crippen LogP contribution is -2.52.